The molecule has 1 saturated heterocycles. The molecule has 1 aromatic rings. The van der Waals surface area contributed by atoms with Crippen LogP contribution in [0.3, 0.4) is 0 Å². The smallest absolute Gasteiger partial charge is 0.310 e. The van der Waals surface area contributed by atoms with E-state index in [0.717, 1.165) is 48.3 Å². The van der Waals surface area contributed by atoms with Gasteiger partial charge in [0.1, 0.15) is 0 Å². The maximum atomic E-state index is 12.7. The van der Waals surface area contributed by atoms with Crippen molar-refractivity contribution in [1.82, 2.24) is 4.90 Å². The number of fused-ring (bicyclic) bond motifs is 1. The van der Waals surface area contributed by atoms with Crippen LogP contribution >= 0.6 is 15.9 Å². The summed E-state index contributed by atoms with van der Waals surface area (Å²) in [5, 5.41) is 0.902. The fraction of sp³-hybridized carbons (Fsp3) is 0.650. The highest BCUT2D eigenvalue weighted by Gasteiger charge is 2.46. The van der Waals surface area contributed by atoms with E-state index in [1.807, 2.05) is 12.1 Å². The van der Waals surface area contributed by atoms with Crippen LogP contribution in [0.1, 0.15) is 44.1 Å². The summed E-state index contributed by atoms with van der Waals surface area (Å²) in [6.07, 6.45) is 4.55. The molecule has 0 radical (unpaired) electrons. The molecule has 1 aromatic carbocycles. The Bertz CT molecular complexity index is 624. The van der Waals surface area contributed by atoms with E-state index in [0.29, 0.717) is 0 Å². The van der Waals surface area contributed by atoms with Gasteiger partial charge in [0.15, 0.2) is 11.5 Å². The van der Waals surface area contributed by atoms with Gasteiger partial charge in [-0.25, -0.2) is 0 Å². The van der Waals surface area contributed by atoms with Crippen molar-refractivity contribution in [2.45, 2.75) is 44.6 Å². The Labute approximate surface area is 164 Å². The monoisotopic (exact) mass is 425 g/mol. The van der Waals surface area contributed by atoms with Crippen molar-refractivity contribution in [3.05, 3.63) is 23.8 Å². The molecule has 2 aliphatic heterocycles. The van der Waals surface area contributed by atoms with Gasteiger partial charge in [0.05, 0.1) is 13.0 Å². The Morgan fingerprint density at radius 3 is 2.85 bits per heavy atom. The van der Waals surface area contributed by atoms with E-state index in [1.54, 1.807) is 0 Å². The quantitative estimate of drug-likeness (QED) is 0.358. The molecule has 2 heterocycles. The van der Waals surface area contributed by atoms with Gasteiger partial charge >= 0.3 is 5.97 Å². The summed E-state index contributed by atoms with van der Waals surface area (Å²) >= 11 is 3.57. The van der Waals surface area contributed by atoms with Gasteiger partial charge in [-0.3, -0.25) is 9.69 Å². The fourth-order valence-corrected chi connectivity index (χ4v) is 4.70. The number of rotatable bonds is 8. The van der Waals surface area contributed by atoms with E-state index in [1.165, 1.54) is 20.0 Å². The third kappa shape index (κ3) is 4.01. The van der Waals surface area contributed by atoms with Crippen molar-refractivity contribution in [3.8, 4) is 11.5 Å². The Morgan fingerprint density at radius 1 is 1.31 bits per heavy atom. The number of alkyl halides is 1. The molecule has 26 heavy (non-hydrogen) atoms. The number of nitrogens with zero attached hydrogens (tertiary/aromatic N) is 1. The molecule has 3 unspecified atom stereocenters. The second kappa shape index (κ2) is 9.09. The summed E-state index contributed by atoms with van der Waals surface area (Å²) < 4.78 is 16.2. The number of methoxy groups -OCH3 is 1. The number of unbranched alkanes of at least 4 members (excludes halogenated alkanes) is 2. The molecule has 6 heteroatoms. The Balaban J connectivity index is 1.87. The zero-order valence-corrected chi connectivity index (χ0v) is 17.2. The lowest BCUT2D eigenvalue weighted by atomic mass is 9.83. The number of halogens is 1. The molecule has 3 atom stereocenters. The molecule has 0 aliphatic carbocycles. The number of hydrogen-bond donors (Lipinski definition) is 0. The number of benzene rings is 1. The first-order valence-corrected chi connectivity index (χ1v) is 10.6. The lowest BCUT2D eigenvalue weighted by Crippen LogP contribution is -2.37. The van der Waals surface area contributed by atoms with E-state index in [4.69, 9.17) is 14.2 Å². The fourth-order valence-electron chi connectivity index (χ4n) is 4.24. The first-order chi connectivity index (χ1) is 12.7. The predicted octanol–water partition coefficient (Wildman–Crippen LogP) is 3.95. The molecule has 2 aliphatic rings. The van der Waals surface area contributed by atoms with Crippen LogP contribution < -0.4 is 9.47 Å². The molecule has 0 bridgehead atoms. The number of likely N-dealkylation sites (tertiary alicyclic amines) is 1. The summed E-state index contributed by atoms with van der Waals surface area (Å²) in [4.78, 5) is 15.2. The topological polar surface area (TPSA) is 48.0 Å². The van der Waals surface area contributed by atoms with Gasteiger partial charge in [0, 0.05) is 30.4 Å². The summed E-state index contributed by atoms with van der Waals surface area (Å²) in [5.74, 6) is 1.41. The Hall–Kier alpha value is -1.27. The van der Waals surface area contributed by atoms with Crippen LogP contribution in [0.5, 0.6) is 11.5 Å². The van der Waals surface area contributed by atoms with Gasteiger partial charge in [-0.2, -0.15) is 0 Å². The summed E-state index contributed by atoms with van der Waals surface area (Å²) in [6, 6.07) is 6.27. The van der Waals surface area contributed by atoms with E-state index in [9.17, 15) is 4.79 Å². The van der Waals surface area contributed by atoms with Gasteiger partial charge in [-0.1, -0.05) is 48.2 Å². The van der Waals surface area contributed by atoms with E-state index < -0.39 is 0 Å². The minimum absolute atomic E-state index is 0.105. The van der Waals surface area contributed by atoms with Gasteiger partial charge < -0.3 is 14.2 Å². The molecule has 0 saturated carbocycles. The standard InChI is InChI=1S/C20H28BrNO4/c1-3-4-5-6-16-19(20(23)24-2)15(12-22(16)10-9-21)14-7-8-17-18(11-14)26-13-25-17/h7-8,11,15-16,19H,3-6,9-10,12-13H2,1-2H3. The van der Waals surface area contributed by atoms with Crippen molar-refractivity contribution in [1.29, 1.82) is 0 Å². The summed E-state index contributed by atoms with van der Waals surface area (Å²) in [6.45, 7) is 4.27. The minimum Gasteiger partial charge on any atom is -0.469 e. The van der Waals surface area contributed by atoms with Gasteiger partial charge in [0.2, 0.25) is 6.79 Å². The van der Waals surface area contributed by atoms with Crippen LogP contribution in [0.25, 0.3) is 0 Å². The zero-order chi connectivity index (χ0) is 18.5. The third-order valence-corrected chi connectivity index (χ3v) is 5.88. The van der Waals surface area contributed by atoms with E-state index in [-0.39, 0.29) is 30.6 Å². The molecule has 0 spiro atoms. The zero-order valence-electron chi connectivity index (χ0n) is 15.6. The first-order valence-electron chi connectivity index (χ1n) is 9.47. The molecule has 0 aromatic heterocycles. The average molecular weight is 426 g/mol. The van der Waals surface area contributed by atoms with Crippen LogP contribution in [0, 0.1) is 5.92 Å². The van der Waals surface area contributed by atoms with Crippen LogP contribution in [-0.4, -0.2) is 49.2 Å². The van der Waals surface area contributed by atoms with E-state index >= 15 is 0 Å². The SMILES string of the molecule is CCCCCC1C(C(=O)OC)C(c2ccc3c(c2)OCO3)CN1CCBr. The Morgan fingerprint density at radius 2 is 2.12 bits per heavy atom. The predicted molar refractivity (Wildman–Crippen MR) is 104 cm³/mol. The maximum Gasteiger partial charge on any atom is 0.310 e. The second-order valence-corrected chi connectivity index (χ2v) is 7.81. The van der Waals surface area contributed by atoms with Crippen LogP contribution in [-0.2, 0) is 9.53 Å². The maximum absolute atomic E-state index is 12.7. The molecular formula is C20H28BrNO4. The van der Waals surface area contributed by atoms with Crippen molar-refractivity contribution in [2.24, 2.45) is 5.92 Å². The first kappa shape index (κ1) is 19.5. The van der Waals surface area contributed by atoms with Crippen molar-refractivity contribution < 1.29 is 19.0 Å². The number of esters is 1. The van der Waals surface area contributed by atoms with Gasteiger partial charge in [-0.15, -0.1) is 0 Å². The van der Waals surface area contributed by atoms with Crippen molar-refractivity contribution in [3.63, 3.8) is 0 Å². The van der Waals surface area contributed by atoms with Crippen LogP contribution in [0.4, 0.5) is 0 Å². The van der Waals surface area contributed by atoms with Gasteiger partial charge in [-0.05, 0) is 24.1 Å². The molecule has 3 rings (SSSR count). The normalized spacial score (nSPS) is 24.8. The molecule has 1 fully saturated rings. The second-order valence-electron chi connectivity index (χ2n) is 7.02. The van der Waals surface area contributed by atoms with Crippen molar-refractivity contribution >= 4 is 21.9 Å². The molecule has 144 valence electrons. The molecule has 5 nitrogen and oxygen atoms in total. The lowest BCUT2D eigenvalue weighted by Gasteiger charge is -2.27. The Kier molecular flexibility index (Phi) is 6.81. The van der Waals surface area contributed by atoms with Crippen LogP contribution in [0.15, 0.2) is 18.2 Å². The third-order valence-electron chi connectivity index (χ3n) is 5.52. The van der Waals surface area contributed by atoms with Crippen LogP contribution in [0.2, 0.25) is 0 Å². The largest absolute Gasteiger partial charge is 0.469 e. The highest BCUT2D eigenvalue weighted by atomic mass is 79.9. The number of hydrogen-bond acceptors (Lipinski definition) is 5. The van der Waals surface area contributed by atoms with Gasteiger partial charge in [0.25, 0.3) is 0 Å². The average Bonchev–Trinajstić information content (AvgIpc) is 3.26. The summed E-state index contributed by atoms with van der Waals surface area (Å²) in [7, 11) is 1.50. The molecule has 0 N–H and O–H groups in total. The van der Waals surface area contributed by atoms with Crippen molar-refractivity contribution in [2.75, 3.05) is 32.3 Å². The number of ether oxygens (including phenoxy) is 3. The van der Waals surface area contributed by atoms with E-state index in [2.05, 4.69) is 33.8 Å². The highest BCUT2D eigenvalue weighted by Crippen LogP contribution is 2.43. The highest BCUT2D eigenvalue weighted by molar-refractivity contribution is 9.09. The number of carbonyl (C=O) groups is 1. The summed E-state index contributed by atoms with van der Waals surface area (Å²) in [5.41, 5.74) is 1.13. The lowest BCUT2D eigenvalue weighted by molar-refractivity contribution is -0.146. The molecule has 0 amide bonds. The number of carbonyl (C=O) groups excluding carboxylic acids is 1. The minimum atomic E-state index is -0.142. The molecular weight excluding hydrogens is 398 g/mol.